The first-order valence-corrected chi connectivity index (χ1v) is 11.1. The molecule has 29 heavy (non-hydrogen) atoms. The number of nitrogens with zero attached hydrogens (tertiary/aromatic N) is 1. The Balaban J connectivity index is 1.63. The first kappa shape index (κ1) is 20.8. The molecule has 4 rings (SSSR count). The van der Waals surface area contributed by atoms with E-state index in [1.54, 1.807) is 0 Å². The normalized spacial score (nSPS) is 17.4. The smallest absolute Gasteiger partial charge is 0.380 e. The van der Waals surface area contributed by atoms with Crippen LogP contribution in [0.25, 0.3) is 0 Å². The van der Waals surface area contributed by atoms with Gasteiger partial charge in [0.05, 0.1) is 22.6 Å². The molecule has 2 aromatic carbocycles. The van der Waals surface area contributed by atoms with Crippen LogP contribution in [-0.4, -0.2) is 37.1 Å². The van der Waals surface area contributed by atoms with Crippen LogP contribution in [0.5, 0.6) is 0 Å². The number of anilines is 3. The molecule has 0 amide bonds. The van der Waals surface area contributed by atoms with E-state index in [1.807, 2.05) is 18.2 Å². The van der Waals surface area contributed by atoms with Gasteiger partial charge in [0.1, 0.15) is 0 Å². The Kier molecular flexibility index (Phi) is 6.02. The predicted molar refractivity (Wildman–Crippen MR) is 115 cm³/mol. The number of nitrogens with one attached hydrogen (secondary N) is 2. The zero-order chi connectivity index (χ0) is 20.6. The molecule has 2 aliphatic rings. The van der Waals surface area contributed by atoms with Gasteiger partial charge in [-0.3, -0.25) is 0 Å². The molecule has 0 unspecified atom stereocenters. The van der Waals surface area contributed by atoms with Gasteiger partial charge in [0.25, 0.3) is 0 Å². The van der Waals surface area contributed by atoms with Crippen molar-refractivity contribution in [3.05, 3.63) is 40.4 Å². The fourth-order valence-electron chi connectivity index (χ4n) is 3.75. The second kappa shape index (κ2) is 8.37. The van der Waals surface area contributed by atoms with E-state index in [4.69, 9.17) is 5.73 Å². The lowest BCUT2D eigenvalue weighted by atomic mass is 10.0. The minimum absolute atomic E-state index is 0.132. The molecule has 2 aliphatic heterocycles. The summed E-state index contributed by atoms with van der Waals surface area (Å²) in [6, 6.07) is 8.32. The van der Waals surface area contributed by atoms with Gasteiger partial charge in [-0.15, -0.1) is 0 Å². The summed E-state index contributed by atoms with van der Waals surface area (Å²) in [5.74, 6) is 0. The van der Waals surface area contributed by atoms with E-state index in [0.717, 1.165) is 47.5 Å². The van der Waals surface area contributed by atoms with Gasteiger partial charge in [-0.05, 0) is 43.2 Å². The van der Waals surface area contributed by atoms with Gasteiger partial charge in [0.15, 0.2) is 0 Å². The van der Waals surface area contributed by atoms with Gasteiger partial charge in [-0.25, -0.2) is 0 Å². The highest BCUT2D eigenvalue weighted by molar-refractivity contribution is 9.10. The number of piperidine rings is 1. The van der Waals surface area contributed by atoms with E-state index < -0.39 is 11.7 Å². The Morgan fingerprint density at radius 1 is 1.17 bits per heavy atom. The Hall–Kier alpha value is -1.42. The maximum Gasteiger partial charge on any atom is 0.416 e. The number of alkyl halides is 3. The second-order valence-corrected chi connectivity index (χ2v) is 9.31. The summed E-state index contributed by atoms with van der Waals surface area (Å²) < 4.78 is 41.5. The standard InChI is InChI=1S/C20H22BrF3N4S/c21-13-1-2-17-15(11-13)27-19-16(9-12(20(22,23)24)10-18(19)29-17)26-14-3-6-28(7-4-14)8-5-25/h1-2,9-11,14,26-27H,3-8,25H2. The lowest BCUT2D eigenvalue weighted by Crippen LogP contribution is -2.41. The molecule has 0 aliphatic carbocycles. The minimum Gasteiger partial charge on any atom is -0.380 e. The van der Waals surface area contributed by atoms with Crippen molar-refractivity contribution < 1.29 is 13.2 Å². The molecule has 4 N–H and O–H groups in total. The molecule has 0 radical (unpaired) electrons. The number of halogens is 4. The van der Waals surface area contributed by atoms with E-state index >= 15 is 0 Å². The SMILES string of the molecule is NCCN1CCC(Nc2cc(C(F)(F)F)cc3c2Nc2cc(Br)ccc2S3)CC1. The quantitative estimate of drug-likeness (QED) is 0.453. The van der Waals surface area contributed by atoms with Gasteiger partial charge in [-0.1, -0.05) is 27.7 Å². The number of rotatable bonds is 4. The van der Waals surface area contributed by atoms with Crippen molar-refractivity contribution >= 4 is 44.8 Å². The largest absolute Gasteiger partial charge is 0.416 e. The summed E-state index contributed by atoms with van der Waals surface area (Å²) in [5, 5.41) is 6.72. The molecule has 0 saturated carbocycles. The summed E-state index contributed by atoms with van der Waals surface area (Å²) >= 11 is 4.82. The Labute approximate surface area is 180 Å². The summed E-state index contributed by atoms with van der Waals surface area (Å²) in [5.41, 5.74) is 7.09. The van der Waals surface area contributed by atoms with E-state index in [-0.39, 0.29) is 6.04 Å². The zero-order valence-corrected chi connectivity index (χ0v) is 18.1. The van der Waals surface area contributed by atoms with Gasteiger partial charge in [0.2, 0.25) is 0 Å². The molecule has 9 heteroatoms. The Morgan fingerprint density at radius 3 is 2.62 bits per heavy atom. The van der Waals surface area contributed by atoms with Crippen molar-refractivity contribution in [2.75, 3.05) is 36.8 Å². The molecule has 0 atom stereocenters. The van der Waals surface area contributed by atoms with Crippen molar-refractivity contribution in [3.63, 3.8) is 0 Å². The van der Waals surface area contributed by atoms with Gasteiger partial charge < -0.3 is 21.3 Å². The fraction of sp³-hybridized carbons (Fsp3) is 0.400. The third-order valence-electron chi connectivity index (χ3n) is 5.24. The van der Waals surface area contributed by atoms with Crippen LogP contribution in [0.2, 0.25) is 0 Å². The summed E-state index contributed by atoms with van der Waals surface area (Å²) in [4.78, 5) is 3.78. The second-order valence-electron chi connectivity index (χ2n) is 7.31. The number of nitrogens with two attached hydrogens (primary N) is 1. The van der Waals surface area contributed by atoms with Crippen LogP contribution in [0.15, 0.2) is 44.6 Å². The first-order valence-electron chi connectivity index (χ1n) is 9.52. The third kappa shape index (κ3) is 4.68. The zero-order valence-electron chi connectivity index (χ0n) is 15.7. The summed E-state index contributed by atoms with van der Waals surface area (Å²) in [6.45, 7) is 3.27. The van der Waals surface area contributed by atoms with Crippen molar-refractivity contribution in [3.8, 4) is 0 Å². The van der Waals surface area contributed by atoms with Crippen LogP contribution in [0.1, 0.15) is 18.4 Å². The fourth-order valence-corrected chi connectivity index (χ4v) is 5.15. The van der Waals surface area contributed by atoms with Crippen molar-refractivity contribution in [2.45, 2.75) is 34.9 Å². The van der Waals surface area contributed by atoms with E-state index in [1.165, 1.54) is 23.9 Å². The topological polar surface area (TPSA) is 53.3 Å². The number of hydrogen-bond donors (Lipinski definition) is 3. The predicted octanol–water partition coefficient (Wildman–Crippen LogP) is 5.51. The Morgan fingerprint density at radius 2 is 1.93 bits per heavy atom. The molecule has 0 aromatic heterocycles. The number of likely N-dealkylation sites (tertiary alicyclic amines) is 1. The van der Waals surface area contributed by atoms with E-state index in [2.05, 4.69) is 31.5 Å². The monoisotopic (exact) mass is 486 g/mol. The molecule has 0 bridgehead atoms. The van der Waals surface area contributed by atoms with Crippen LogP contribution < -0.4 is 16.4 Å². The van der Waals surface area contributed by atoms with Crippen LogP contribution in [0.3, 0.4) is 0 Å². The van der Waals surface area contributed by atoms with E-state index in [0.29, 0.717) is 22.8 Å². The van der Waals surface area contributed by atoms with Crippen molar-refractivity contribution in [1.82, 2.24) is 4.90 Å². The van der Waals surface area contributed by atoms with Crippen molar-refractivity contribution in [2.24, 2.45) is 5.73 Å². The maximum absolute atomic E-state index is 13.5. The first-order chi connectivity index (χ1) is 13.8. The minimum atomic E-state index is -4.39. The molecule has 1 fully saturated rings. The highest BCUT2D eigenvalue weighted by atomic mass is 79.9. The lowest BCUT2D eigenvalue weighted by molar-refractivity contribution is -0.137. The van der Waals surface area contributed by atoms with Gasteiger partial charge in [-0.2, -0.15) is 13.2 Å². The lowest BCUT2D eigenvalue weighted by Gasteiger charge is -2.34. The van der Waals surface area contributed by atoms with Crippen LogP contribution >= 0.6 is 27.7 Å². The van der Waals surface area contributed by atoms with Crippen LogP contribution in [0, 0.1) is 0 Å². The molecule has 156 valence electrons. The molecule has 0 spiro atoms. The van der Waals surface area contributed by atoms with Gasteiger partial charge in [0, 0.05) is 46.5 Å². The highest BCUT2D eigenvalue weighted by Gasteiger charge is 2.34. The van der Waals surface area contributed by atoms with Crippen molar-refractivity contribution in [1.29, 1.82) is 0 Å². The summed E-state index contributed by atoms with van der Waals surface area (Å²) in [7, 11) is 0. The highest BCUT2D eigenvalue weighted by Crippen LogP contribution is 2.50. The van der Waals surface area contributed by atoms with Crippen LogP contribution in [0.4, 0.5) is 30.2 Å². The van der Waals surface area contributed by atoms with E-state index in [9.17, 15) is 13.2 Å². The molecule has 2 heterocycles. The average molecular weight is 487 g/mol. The van der Waals surface area contributed by atoms with Gasteiger partial charge >= 0.3 is 6.18 Å². The molecule has 2 aromatic rings. The molecular weight excluding hydrogens is 465 g/mol. The molecule has 4 nitrogen and oxygen atoms in total. The Bertz CT molecular complexity index is 898. The number of benzene rings is 2. The third-order valence-corrected chi connectivity index (χ3v) is 6.85. The summed E-state index contributed by atoms with van der Waals surface area (Å²) in [6.07, 6.45) is -2.64. The van der Waals surface area contributed by atoms with Crippen LogP contribution in [-0.2, 0) is 6.18 Å². The molecule has 1 saturated heterocycles. The number of hydrogen-bond acceptors (Lipinski definition) is 5. The maximum atomic E-state index is 13.5. The molecular formula is C20H22BrF3N4S. The number of fused-ring (bicyclic) bond motifs is 2. The average Bonchev–Trinajstić information content (AvgIpc) is 2.67.